The van der Waals surface area contributed by atoms with Crippen LogP contribution in [0.4, 0.5) is 0 Å². The zero-order valence-corrected chi connectivity index (χ0v) is 13.8. The Labute approximate surface area is 132 Å². The molecular formula is C18H25NO3. The van der Waals surface area contributed by atoms with E-state index in [2.05, 4.69) is 12.2 Å². The van der Waals surface area contributed by atoms with Gasteiger partial charge in [0.15, 0.2) is 0 Å². The van der Waals surface area contributed by atoms with Gasteiger partial charge < -0.3 is 10.1 Å². The van der Waals surface area contributed by atoms with Crippen LogP contribution in [0.5, 0.6) is 0 Å². The second-order valence-corrected chi connectivity index (χ2v) is 6.07. The van der Waals surface area contributed by atoms with E-state index in [-0.39, 0.29) is 5.91 Å². The molecule has 0 aliphatic carbocycles. The van der Waals surface area contributed by atoms with Gasteiger partial charge in [-0.1, -0.05) is 43.7 Å². The lowest BCUT2D eigenvalue weighted by molar-refractivity contribution is -0.155. The van der Waals surface area contributed by atoms with Crippen molar-refractivity contribution in [1.82, 2.24) is 5.32 Å². The van der Waals surface area contributed by atoms with E-state index in [0.717, 1.165) is 12.8 Å². The standard InChI is InChI=1S/C18H25NO3/c1-5-6-8-13-15(17(21)22-18(2,3)4)19-16(20)14-11-9-7-10-12-14/h7-13,15H,5-6H2,1-4H3,(H,19,20)/b13-8-. The predicted octanol–water partition coefficient (Wildman–Crippen LogP) is 3.48. The van der Waals surface area contributed by atoms with Gasteiger partial charge in [-0.2, -0.15) is 0 Å². The van der Waals surface area contributed by atoms with E-state index >= 15 is 0 Å². The Hall–Kier alpha value is -2.10. The molecule has 1 atom stereocenters. The van der Waals surface area contributed by atoms with Crippen molar-refractivity contribution in [1.29, 1.82) is 0 Å². The second-order valence-electron chi connectivity index (χ2n) is 6.07. The van der Waals surface area contributed by atoms with E-state index in [4.69, 9.17) is 4.74 Å². The van der Waals surface area contributed by atoms with E-state index in [1.807, 2.05) is 12.1 Å². The van der Waals surface area contributed by atoms with Gasteiger partial charge in [0.1, 0.15) is 11.6 Å². The van der Waals surface area contributed by atoms with Crippen molar-refractivity contribution >= 4 is 11.9 Å². The fraction of sp³-hybridized carbons (Fsp3) is 0.444. The third-order valence-electron chi connectivity index (χ3n) is 2.77. The summed E-state index contributed by atoms with van der Waals surface area (Å²) in [6.07, 6.45) is 5.41. The Kier molecular flexibility index (Phi) is 6.83. The van der Waals surface area contributed by atoms with Crippen LogP contribution in [0.25, 0.3) is 0 Å². The summed E-state index contributed by atoms with van der Waals surface area (Å²) in [6.45, 7) is 7.46. The number of nitrogens with one attached hydrogen (secondary N) is 1. The summed E-state index contributed by atoms with van der Waals surface area (Å²) in [5.41, 5.74) is -0.0780. The number of hydrogen-bond donors (Lipinski definition) is 1. The molecule has 1 aromatic carbocycles. The number of ether oxygens (including phenoxy) is 1. The summed E-state index contributed by atoms with van der Waals surface area (Å²) >= 11 is 0. The van der Waals surface area contributed by atoms with Crippen molar-refractivity contribution in [3.8, 4) is 0 Å². The maximum atomic E-state index is 12.2. The molecule has 0 bridgehead atoms. The number of allylic oxidation sites excluding steroid dienone is 1. The molecule has 0 fully saturated rings. The third kappa shape index (κ3) is 6.57. The largest absolute Gasteiger partial charge is 0.458 e. The summed E-state index contributed by atoms with van der Waals surface area (Å²) in [5.74, 6) is -0.748. The first kappa shape index (κ1) is 18.0. The van der Waals surface area contributed by atoms with Crippen LogP contribution in [-0.2, 0) is 9.53 Å². The Bertz CT molecular complexity index is 515. The van der Waals surface area contributed by atoms with Crippen LogP contribution in [-0.4, -0.2) is 23.5 Å². The molecular weight excluding hydrogens is 278 g/mol. The summed E-state index contributed by atoms with van der Waals surface area (Å²) in [5, 5.41) is 2.71. The van der Waals surface area contributed by atoms with Crippen LogP contribution in [0.15, 0.2) is 42.5 Å². The van der Waals surface area contributed by atoms with Crippen LogP contribution in [0, 0.1) is 0 Å². The van der Waals surface area contributed by atoms with E-state index in [1.165, 1.54) is 0 Å². The zero-order valence-electron chi connectivity index (χ0n) is 13.8. The predicted molar refractivity (Wildman–Crippen MR) is 87.6 cm³/mol. The number of unbranched alkanes of at least 4 members (excludes halogenated alkanes) is 1. The summed E-state index contributed by atoms with van der Waals surface area (Å²) in [7, 11) is 0. The Morgan fingerprint density at radius 1 is 1.23 bits per heavy atom. The Morgan fingerprint density at radius 2 is 1.86 bits per heavy atom. The molecule has 0 aromatic heterocycles. The number of benzene rings is 1. The average Bonchev–Trinajstić information content (AvgIpc) is 2.45. The minimum Gasteiger partial charge on any atom is -0.458 e. The van der Waals surface area contributed by atoms with Crippen molar-refractivity contribution in [2.45, 2.75) is 52.2 Å². The lowest BCUT2D eigenvalue weighted by Crippen LogP contribution is -2.43. The number of carbonyl (C=O) groups is 2. The molecule has 1 unspecified atom stereocenters. The van der Waals surface area contributed by atoms with Gasteiger partial charge in [-0.15, -0.1) is 0 Å². The third-order valence-corrected chi connectivity index (χ3v) is 2.77. The minimum atomic E-state index is -0.779. The van der Waals surface area contributed by atoms with Crippen molar-refractivity contribution in [3.63, 3.8) is 0 Å². The van der Waals surface area contributed by atoms with Crippen molar-refractivity contribution < 1.29 is 14.3 Å². The summed E-state index contributed by atoms with van der Waals surface area (Å²) in [4.78, 5) is 24.4. The van der Waals surface area contributed by atoms with Crippen LogP contribution < -0.4 is 5.32 Å². The molecule has 0 spiro atoms. The number of carbonyl (C=O) groups excluding carboxylic acids is 2. The number of amides is 1. The first-order valence-corrected chi connectivity index (χ1v) is 7.59. The quantitative estimate of drug-likeness (QED) is 0.646. The molecule has 22 heavy (non-hydrogen) atoms. The maximum Gasteiger partial charge on any atom is 0.333 e. The maximum absolute atomic E-state index is 12.2. The molecule has 1 aromatic rings. The fourth-order valence-electron chi connectivity index (χ4n) is 1.76. The lowest BCUT2D eigenvalue weighted by Gasteiger charge is -2.23. The van der Waals surface area contributed by atoms with Gasteiger partial charge in [0.25, 0.3) is 5.91 Å². The topological polar surface area (TPSA) is 55.4 Å². The summed E-state index contributed by atoms with van der Waals surface area (Å²) in [6, 6.07) is 8.03. The average molecular weight is 303 g/mol. The fourth-order valence-corrected chi connectivity index (χ4v) is 1.76. The van der Waals surface area contributed by atoms with Gasteiger partial charge in [-0.05, 0) is 39.3 Å². The van der Waals surface area contributed by atoms with Crippen molar-refractivity contribution in [2.75, 3.05) is 0 Å². The highest BCUT2D eigenvalue weighted by atomic mass is 16.6. The van der Waals surface area contributed by atoms with Crippen molar-refractivity contribution in [2.24, 2.45) is 0 Å². The minimum absolute atomic E-state index is 0.294. The molecule has 4 heteroatoms. The molecule has 4 nitrogen and oxygen atoms in total. The second kappa shape index (κ2) is 8.37. The first-order chi connectivity index (χ1) is 10.3. The molecule has 120 valence electrons. The van der Waals surface area contributed by atoms with E-state index in [9.17, 15) is 9.59 Å². The van der Waals surface area contributed by atoms with E-state index in [1.54, 1.807) is 51.1 Å². The van der Waals surface area contributed by atoms with Gasteiger partial charge >= 0.3 is 5.97 Å². The SMILES string of the molecule is CCC/C=C\C(NC(=O)c1ccccc1)C(=O)OC(C)(C)C. The highest BCUT2D eigenvalue weighted by molar-refractivity contribution is 5.97. The van der Waals surface area contributed by atoms with Gasteiger partial charge in [0.2, 0.25) is 0 Å². The molecule has 0 aliphatic heterocycles. The molecule has 0 aliphatic rings. The molecule has 0 saturated carbocycles. The van der Waals surface area contributed by atoms with E-state index < -0.39 is 17.6 Å². The van der Waals surface area contributed by atoms with Gasteiger partial charge in [-0.3, -0.25) is 4.79 Å². The van der Waals surface area contributed by atoms with Gasteiger partial charge in [-0.25, -0.2) is 4.79 Å². The van der Waals surface area contributed by atoms with Gasteiger partial charge in [0, 0.05) is 5.56 Å². The van der Waals surface area contributed by atoms with Crippen LogP contribution in [0.3, 0.4) is 0 Å². The molecule has 1 amide bonds. The zero-order chi connectivity index (χ0) is 16.6. The Morgan fingerprint density at radius 3 is 2.41 bits per heavy atom. The highest BCUT2D eigenvalue weighted by Crippen LogP contribution is 2.10. The van der Waals surface area contributed by atoms with Crippen molar-refractivity contribution in [3.05, 3.63) is 48.0 Å². The normalized spacial score (nSPS) is 12.9. The number of hydrogen-bond acceptors (Lipinski definition) is 3. The number of rotatable bonds is 6. The highest BCUT2D eigenvalue weighted by Gasteiger charge is 2.24. The number of esters is 1. The first-order valence-electron chi connectivity index (χ1n) is 7.59. The molecule has 0 heterocycles. The lowest BCUT2D eigenvalue weighted by atomic mass is 10.1. The molecule has 1 N–H and O–H groups in total. The van der Waals surface area contributed by atoms with E-state index in [0.29, 0.717) is 5.56 Å². The monoisotopic (exact) mass is 303 g/mol. The molecule has 1 rings (SSSR count). The summed E-state index contributed by atoms with van der Waals surface area (Å²) < 4.78 is 5.36. The molecule has 0 saturated heterocycles. The van der Waals surface area contributed by atoms with Crippen LogP contribution in [0.1, 0.15) is 50.9 Å². The van der Waals surface area contributed by atoms with Gasteiger partial charge in [0.05, 0.1) is 0 Å². The Balaban J connectivity index is 2.81. The smallest absolute Gasteiger partial charge is 0.333 e. The molecule has 0 radical (unpaired) electrons. The van der Waals surface area contributed by atoms with Crippen LogP contribution >= 0.6 is 0 Å². The van der Waals surface area contributed by atoms with Crippen LogP contribution in [0.2, 0.25) is 0 Å².